The molecule has 0 radical (unpaired) electrons. The fraction of sp³-hybridized carbons (Fsp3) is 0.571. The smallest absolute Gasteiger partial charge is 0.250 e. The molecule has 1 amide bonds. The number of hydrogen-bond acceptors (Lipinski definition) is 3. The second-order valence-corrected chi connectivity index (χ2v) is 8.96. The number of anilines is 1. The highest BCUT2D eigenvalue weighted by molar-refractivity contribution is 7.89. The highest BCUT2D eigenvalue weighted by Crippen LogP contribution is 2.21. The number of amides is 1. The zero-order valence-corrected chi connectivity index (χ0v) is 17.3. The van der Waals surface area contributed by atoms with Crippen LogP contribution < -0.4 is 9.62 Å². The van der Waals surface area contributed by atoms with Crippen LogP contribution in [0.4, 0.5) is 5.69 Å². The number of likely N-dealkylation sites (N-methyl/N-ethyl adjacent to an activating group) is 1. The molecule has 0 atom stereocenters. The summed E-state index contributed by atoms with van der Waals surface area (Å²) < 4.78 is 28.1. The zero-order valence-electron chi connectivity index (χ0n) is 16.5. The average molecular weight is 393 g/mol. The molecule has 0 aromatic heterocycles. The van der Waals surface area contributed by atoms with E-state index in [4.69, 9.17) is 0 Å². The molecule has 1 aromatic rings. The van der Waals surface area contributed by atoms with E-state index in [1.54, 1.807) is 37.4 Å². The third-order valence-corrected chi connectivity index (χ3v) is 6.56. The maximum Gasteiger partial charge on any atom is 0.250 e. The first-order valence-electron chi connectivity index (χ1n) is 10.0. The molecule has 0 aliphatic heterocycles. The van der Waals surface area contributed by atoms with Crippen LogP contribution in [0.1, 0.15) is 64.7 Å². The van der Waals surface area contributed by atoms with Crippen molar-refractivity contribution in [1.29, 1.82) is 0 Å². The number of rotatable bonds is 8. The molecular formula is C21H32N2O3S. The first kappa shape index (κ1) is 21.6. The van der Waals surface area contributed by atoms with E-state index in [1.807, 2.05) is 6.08 Å². The summed E-state index contributed by atoms with van der Waals surface area (Å²) in [6, 6.07) is 6.52. The second-order valence-electron chi connectivity index (χ2n) is 7.25. The quantitative estimate of drug-likeness (QED) is 0.405. The van der Waals surface area contributed by atoms with Crippen molar-refractivity contribution in [2.24, 2.45) is 0 Å². The molecule has 1 aliphatic carbocycles. The van der Waals surface area contributed by atoms with E-state index in [-0.39, 0.29) is 16.8 Å². The standard InChI is InChI=1S/C21H32N2O3S/c1-3-4-5-10-13-21(24)23(2)19-14-16-20(17-15-19)27(25,26)22-18-11-8-6-7-9-12-18/h10,13-18,22H,3-9,11-12H2,1-2H3. The molecule has 0 saturated heterocycles. The third kappa shape index (κ3) is 6.78. The Kier molecular flexibility index (Phi) is 8.51. The Morgan fingerprint density at radius 2 is 1.78 bits per heavy atom. The Bertz CT molecular complexity index is 718. The maximum absolute atomic E-state index is 12.6. The van der Waals surface area contributed by atoms with Crippen LogP contribution in [0, 0.1) is 0 Å². The number of carbonyl (C=O) groups is 1. The zero-order chi connectivity index (χ0) is 19.7. The van der Waals surface area contributed by atoms with Crippen molar-refractivity contribution in [3.63, 3.8) is 0 Å². The van der Waals surface area contributed by atoms with Gasteiger partial charge in [-0.15, -0.1) is 0 Å². The van der Waals surface area contributed by atoms with Gasteiger partial charge in [0.05, 0.1) is 4.90 Å². The van der Waals surface area contributed by atoms with Crippen molar-refractivity contribution in [3.05, 3.63) is 36.4 Å². The fourth-order valence-corrected chi connectivity index (χ4v) is 4.58. The van der Waals surface area contributed by atoms with E-state index in [9.17, 15) is 13.2 Å². The normalized spacial score (nSPS) is 16.4. The fourth-order valence-electron chi connectivity index (χ4n) is 3.28. The Morgan fingerprint density at radius 3 is 2.37 bits per heavy atom. The van der Waals surface area contributed by atoms with Gasteiger partial charge in [-0.05, 0) is 49.6 Å². The first-order valence-corrected chi connectivity index (χ1v) is 11.5. The Morgan fingerprint density at radius 1 is 1.15 bits per heavy atom. The lowest BCUT2D eigenvalue weighted by Gasteiger charge is -2.18. The third-order valence-electron chi connectivity index (χ3n) is 5.03. The van der Waals surface area contributed by atoms with Crippen LogP contribution in [-0.4, -0.2) is 27.4 Å². The summed E-state index contributed by atoms with van der Waals surface area (Å²) in [7, 11) is -1.83. The number of unbranched alkanes of at least 4 members (excludes halogenated alkanes) is 2. The lowest BCUT2D eigenvalue weighted by atomic mass is 10.1. The molecule has 150 valence electrons. The molecule has 5 nitrogen and oxygen atoms in total. The number of sulfonamides is 1. The molecule has 0 unspecified atom stereocenters. The number of benzene rings is 1. The second kappa shape index (κ2) is 10.6. The van der Waals surface area contributed by atoms with Gasteiger partial charge < -0.3 is 4.90 Å². The Labute approximate surface area is 163 Å². The molecule has 1 aromatic carbocycles. The molecule has 2 rings (SSSR count). The summed E-state index contributed by atoms with van der Waals surface area (Å²) in [5.41, 5.74) is 0.675. The lowest BCUT2D eigenvalue weighted by Crippen LogP contribution is -2.34. The summed E-state index contributed by atoms with van der Waals surface area (Å²) in [5, 5.41) is 0. The predicted molar refractivity (Wildman–Crippen MR) is 110 cm³/mol. The van der Waals surface area contributed by atoms with E-state index >= 15 is 0 Å². The minimum atomic E-state index is -3.53. The number of hydrogen-bond donors (Lipinski definition) is 1. The largest absolute Gasteiger partial charge is 0.312 e. The minimum Gasteiger partial charge on any atom is -0.312 e. The number of allylic oxidation sites excluding steroid dienone is 1. The van der Waals surface area contributed by atoms with Gasteiger partial charge in [-0.1, -0.05) is 51.5 Å². The van der Waals surface area contributed by atoms with Crippen LogP contribution in [0.2, 0.25) is 0 Å². The van der Waals surface area contributed by atoms with Gasteiger partial charge in [0.2, 0.25) is 15.9 Å². The predicted octanol–water partition coefficient (Wildman–Crippen LogP) is 4.40. The molecule has 1 fully saturated rings. The molecule has 1 N–H and O–H groups in total. The van der Waals surface area contributed by atoms with Gasteiger partial charge in [0.25, 0.3) is 0 Å². The van der Waals surface area contributed by atoms with E-state index in [2.05, 4.69) is 11.6 Å². The maximum atomic E-state index is 12.6. The van der Waals surface area contributed by atoms with Crippen LogP contribution >= 0.6 is 0 Å². The summed E-state index contributed by atoms with van der Waals surface area (Å²) in [6.07, 6.45) is 12.8. The number of nitrogens with zero attached hydrogens (tertiary/aromatic N) is 1. The van der Waals surface area contributed by atoms with E-state index in [1.165, 1.54) is 17.7 Å². The van der Waals surface area contributed by atoms with Crippen LogP contribution in [0.5, 0.6) is 0 Å². The van der Waals surface area contributed by atoms with Gasteiger partial charge >= 0.3 is 0 Å². The van der Waals surface area contributed by atoms with E-state index < -0.39 is 10.0 Å². The van der Waals surface area contributed by atoms with Gasteiger partial charge in [-0.25, -0.2) is 13.1 Å². The molecule has 0 heterocycles. The summed E-state index contributed by atoms with van der Waals surface area (Å²) >= 11 is 0. The summed E-state index contributed by atoms with van der Waals surface area (Å²) in [6.45, 7) is 2.11. The van der Waals surface area contributed by atoms with Crippen molar-refractivity contribution in [2.45, 2.75) is 75.6 Å². The van der Waals surface area contributed by atoms with Gasteiger partial charge in [0, 0.05) is 18.8 Å². The molecule has 27 heavy (non-hydrogen) atoms. The lowest BCUT2D eigenvalue weighted by molar-refractivity contribution is -0.113. The van der Waals surface area contributed by atoms with Crippen molar-refractivity contribution < 1.29 is 13.2 Å². The Hall–Kier alpha value is -1.66. The van der Waals surface area contributed by atoms with Crippen LogP contribution in [0.3, 0.4) is 0 Å². The summed E-state index contributed by atoms with van der Waals surface area (Å²) in [5.74, 6) is -0.113. The first-order chi connectivity index (χ1) is 12.9. The molecule has 0 bridgehead atoms. The average Bonchev–Trinajstić information content (AvgIpc) is 2.92. The van der Waals surface area contributed by atoms with Crippen molar-refractivity contribution in [2.75, 3.05) is 11.9 Å². The van der Waals surface area contributed by atoms with Gasteiger partial charge in [0.1, 0.15) is 0 Å². The van der Waals surface area contributed by atoms with Gasteiger partial charge in [0.15, 0.2) is 0 Å². The minimum absolute atomic E-state index is 0.0229. The van der Waals surface area contributed by atoms with Gasteiger partial charge in [-0.3, -0.25) is 4.79 Å². The monoisotopic (exact) mass is 392 g/mol. The number of nitrogens with one attached hydrogen (secondary N) is 1. The van der Waals surface area contributed by atoms with Crippen molar-refractivity contribution in [1.82, 2.24) is 4.72 Å². The highest BCUT2D eigenvalue weighted by Gasteiger charge is 2.21. The molecule has 6 heteroatoms. The SMILES string of the molecule is CCCCC=CC(=O)N(C)c1ccc(S(=O)(=O)NC2CCCCCC2)cc1. The summed E-state index contributed by atoms with van der Waals surface area (Å²) in [4.78, 5) is 14.0. The van der Waals surface area contributed by atoms with Crippen LogP contribution in [0.15, 0.2) is 41.3 Å². The molecular weight excluding hydrogens is 360 g/mol. The number of carbonyl (C=O) groups excluding carboxylic acids is 1. The van der Waals surface area contributed by atoms with E-state index in [0.29, 0.717) is 5.69 Å². The van der Waals surface area contributed by atoms with Gasteiger partial charge in [-0.2, -0.15) is 0 Å². The molecule has 0 spiro atoms. The van der Waals surface area contributed by atoms with Crippen molar-refractivity contribution in [3.8, 4) is 0 Å². The molecule has 1 saturated carbocycles. The highest BCUT2D eigenvalue weighted by atomic mass is 32.2. The molecule has 1 aliphatic rings. The Balaban J connectivity index is 2.00. The van der Waals surface area contributed by atoms with E-state index in [0.717, 1.165) is 44.9 Å². The van der Waals surface area contributed by atoms with Crippen LogP contribution in [0.25, 0.3) is 0 Å². The van der Waals surface area contributed by atoms with Crippen molar-refractivity contribution >= 4 is 21.6 Å². The van der Waals surface area contributed by atoms with Crippen LogP contribution in [-0.2, 0) is 14.8 Å². The topological polar surface area (TPSA) is 66.5 Å².